The smallest absolute Gasteiger partial charge is 0.254 e. The summed E-state index contributed by atoms with van der Waals surface area (Å²) in [5.74, 6) is 0.946. The lowest BCUT2D eigenvalue weighted by Crippen LogP contribution is -2.15. The van der Waals surface area contributed by atoms with E-state index in [-0.39, 0.29) is 5.56 Å². The number of carbonyl (C=O) groups excluding carboxylic acids is 1. The Morgan fingerprint density at radius 3 is 2.74 bits per heavy atom. The number of nitrogens with two attached hydrogens (primary N) is 1. The fourth-order valence-electron chi connectivity index (χ4n) is 3.18. The van der Waals surface area contributed by atoms with Crippen LogP contribution >= 0.6 is 0 Å². The van der Waals surface area contributed by atoms with Gasteiger partial charge in [-0.15, -0.1) is 0 Å². The van der Waals surface area contributed by atoms with Gasteiger partial charge in [0.2, 0.25) is 0 Å². The summed E-state index contributed by atoms with van der Waals surface area (Å²) in [7, 11) is 0. The second kappa shape index (κ2) is 10.7. The van der Waals surface area contributed by atoms with Crippen molar-refractivity contribution < 1.29 is 14.1 Å². The van der Waals surface area contributed by atoms with E-state index in [0.29, 0.717) is 46.7 Å². The third-order valence-electron chi connectivity index (χ3n) is 4.81. The van der Waals surface area contributed by atoms with Crippen LogP contribution in [0.25, 0.3) is 11.3 Å². The number of H-pyrrole nitrogens is 1. The predicted molar refractivity (Wildman–Crippen MR) is 131 cm³/mol. The molecule has 174 valence electrons. The van der Waals surface area contributed by atoms with E-state index in [0.717, 1.165) is 5.56 Å². The first-order chi connectivity index (χ1) is 16.5. The molecule has 0 saturated carbocycles. The van der Waals surface area contributed by atoms with Crippen molar-refractivity contribution >= 4 is 34.6 Å². The minimum atomic E-state index is -1.27. The zero-order valence-corrected chi connectivity index (χ0v) is 19.1. The van der Waals surface area contributed by atoms with Crippen LogP contribution in [0.15, 0.2) is 67.1 Å². The van der Waals surface area contributed by atoms with Crippen molar-refractivity contribution in [3.8, 4) is 17.0 Å². The maximum absolute atomic E-state index is 12.3. The van der Waals surface area contributed by atoms with Gasteiger partial charge in [-0.05, 0) is 24.6 Å². The van der Waals surface area contributed by atoms with Gasteiger partial charge in [0.1, 0.15) is 46.7 Å². The number of nitrogens with one attached hydrogen (secondary N) is 3. The molecule has 0 aliphatic heterocycles. The summed E-state index contributed by atoms with van der Waals surface area (Å²) in [4.78, 5) is 20.5. The van der Waals surface area contributed by atoms with E-state index < -0.39 is 17.3 Å². The number of ether oxygens (including phenoxy) is 1. The molecule has 0 aliphatic rings. The second-order valence-electron chi connectivity index (χ2n) is 7.12. The number of aromatic amines is 1. The Balaban J connectivity index is 1.68. The number of anilines is 3. The maximum Gasteiger partial charge on any atom is 0.254 e. The van der Waals surface area contributed by atoms with Gasteiger partial charge in [0.25, 0.3) is 5.91 Å². The zero-order valence-electron chi connectivity index (χ0n) is 18.3. The third-order valence-corrected chi connectivity index (χ3v) is 5.78. The molecule has 5 N–H and O–H groups in total. The van der Waals surface area contributed by atoms with Gasteiger partial charge in [-0.25, -0.2) is 9.71 Å². The van der Waals surface area contributed by atoms with Crippen molar-refractivity contribution in [3.05, 3.63) is 78.2 Å². The van der Waals surface area contributed by atoms with Gasteiger partial charge in [0, 0.05) is 18.0 Å². The van der Waals surface area contributed by atoms with Gasteiger partial charge in [-0.2, -0.15) is 5.10 Å². The summed E-state index contributed by atoms with van der Waals surface area (Å²) in [6.07, 6.45) is 4.57. The summed E-state index contributed by atoms with van der Waals surface area (Å²) in [6.45, 7) is 2.12. The Bertz CT molecular complexity index is 1250. The van der Waals surface area contributed by atoms with Crippen molar-refractivity contribution in [2.45, 2.75) is 13.5 Å². The largest absolute Gasteiger partial charge is 0.593 e. The number of aromatic nitrogens is 4. The molecule has 1 atom stereocenters. The minimum Gasteiger partial charge on any atom is -0.593 e. The van der Waals surface area contributed by atoms with Gasteiger partial charge in [-0.3, -0.25) is 14.9 Å². The van der Waals surface area contributed by atoms with Crippen LogP contribution in [-0.4, -0.2) is 36.4 Å². The first kappa shape index (κ1) is 23.1. The fraction of sp³-hybridized carbons (Fsp3) is 0.130. The molecule has 11 heteroatoms. The first-order valence-corrected chi connectivity index (χ1v) is 11.7. The summed E-state index contributed by atoms with van der Waals surface area (Å²) in [5, 5.41) is 10.1. The van der Waals surface area contributed by atoms with E-state index in [4.69, 9.17) is 10.5 Å². The SMILES string of the molecule is CC[S+]([O-])Nc1ccc(-c2n[nH]c(Nc3cnccn3)c2C(N)=O)cc1OCc1ccccc1. The molecular weight excluding hydrogens is 454 g/mol. The molecule has 0 fully saturated rings. The van der Waals surface area contributed by atoms with Crippen molar-refractivity contribution in [2.24, 2.45) is 5.73 Å². The van der Waals surface area contributed by atoms with Crippen molar-refractivity contribution in [3.63, 3.8) is 0 Å². The summed E-state index contributed by atoms with van der Waals surface area (Å²) in [5.41, 5.74) is 8.31. The van der Waals surface area contributed by atoms with Crippen molar-refractivity contribution in [2.75, 3.05) is 15.8 Å². The minimum absolute atomic E-state index is 0.164. The highest BCUT2D eigenvalue weighted by atomic mass is 32.2. The number of nitrogens with zero attached hydrogens (tertiary/aromatic N) is 3. The number of benzene rings is 2. The van der Waals surface area contributed by atoms with Crippen LogP contribution in [0.2, 0.25) is 0 Å². The molecule has 4 rings (SSSR count). The number of carbonyl (C=O) groups is 1. The Morgan fingerprint density at radius 1 is 1.21 bits per heavy atom. The molecule has 10 nitrogen and oxygen atoms in total. The van der Waals surface area contributed by atoms with E-state index in [1.165, 1.54) is 18.6 Å². The number of amides is 1. The molecule has 2 aromatic carbocycles. The molecule has 0 spiro atoms. The molecular formula is C23H23N7O3S. The average molecular weight is 478 g/mol. The molecule has 4 aromatic rings. The summed E-state index contributed by atoms with van der Waals surface area (Å²) in [6, 6.07) is 14.9. The quantitative estimate of drug-likeness (QED) is 0.253. The lowest BCUT2D eigenvalue weighted by molar-refractivity contribution is 0.100. The molecule has 34 heavy (non-hydrogen) atoms. The molecule has 1 unspecified atom stereocenters. The Labute approximate surface area is 199 Å². The van der Waals surface area contributed by atoms with Crippen LogP contribution in [0.3, 0.4) is 0 Å². The van der Waals surface area contributed by atoms with Crippen LogP contribution in [0.1, 0.15) is 22.8 Å². The Hall–Kier alpha value is -4.09. The lowest BCUT2D eigenvalue weighted by atomic mass is 10.1. The van der Waals surface area contributed by atoms with Gasteiger partial charge < -0.3 is 20.3 Å². The molecule has 0 saturated heterocycles. The van der Waals surface area contributed by atoms with E-state index in [1.807, 2.05) is 37.3 Å². The fourth-order valence-corrected chi connectivity index (χ4v) is 3.73. The average Bonchev–Trinajstić information content (AvgIpc) is 3.28. The standard InChI is InChI=1S/C23H23N7O3S/c1-2-34(32)30-17-9-8-16(12-18(17)33-14-15-6-4-3-5-7-15)21-20(22(24)31)23(29-28-21)27-19-13-25-10-11-26-19/h3-13,30H,2,14H2,1H3,(H2,24,31)(H2,26,27,28,29). The van der Waals surface area contributed by atoms with Gasteiger partial charge in [-0.1, -0.05) is 36.4 Å². The second-order valence-corrected chi connectivity index (χ2v) is 8.60. The van der Waals surface area contributed by atoms with Crippen LogP contribution in [-0.2, 0) is 18.0 Å². The molecule has 0 radical (unpaired) electrons. The van der Waals surface area contributed by atoms with Crippen LogP contribution in [0.4, 0.5) is 17.3 Å². The van der Waals surface area contributed by atoms with Gasteiger partial charge in [0.05, 0.1) is 17.6 Å². The predicted octanol–water partition coefficient (Wildman–Crippen LogP) is 3.38. The normalized spacial score (nSPS) is 11.6. The van der Waals surface area contributed by atoms with Crippen LogP contribution < -0.4 is 20.5 Å². The molecule has 2 heterocycles. The van der Waals surface area contributed by atoms with Crippen LogP contribution in [0.5, 0.6) is 5.75 Å². The molecule has 1 amide bonds. The maximum atomic E-state index is 12.3. The Morgan fingerprint density at radius 2 is 2.03 bits per heavy atom. The topological polar surface area (TPSA) is 154 Å². The lowest BCUT2D eigenvalue weighted by Gasteiger charge is -2.16. The van der Waals surface area contributed by atoms with Gasteiger partial charge in [0.15, 0.2) is 0 Å². The third kappa shape index (κ3) is 5.45. The number of hydrogen-bond donors (Lipinski definition) is 4. The summed E-state index contributed by atoms with van der Waals surface area (Å²) < 4.78 is 21.1. The molecule has 0 aliphatic carbocycles. The van der Waals surface area contributed by atoms with E-state index in [2.05, 4.69) is 30.2 Å². The highest BCUT2D eigenvalue weighted by molar-refractivity contribution is 7.92. The van der Waals surface area contributed by atoms with Crippen LogP contribution in [0, 0.1) is 0 Å². The monoisotopic (exact) mass is 477 g/mol. The highest BCUT2D eigenvalue weighted by Gasteiger charge is 2.22. The zero-order chi connectivity index (χ0) is 23.9. The van der Waals surface area contributed by atoms with E-state index in [1.54, 1.807) is 18.2 Å². The number of rotatable bonds is 10. The van der Waals surface area contributed by atoms with E-state index >= 15 is 0 Å². The van der Waals surface area contributed by atoms with Crippen molar-refractivity contribution in [1.82, 2.24) is 20.2 Å². The summed E-state index contributed by atoms with van der Waals surface area (Å²) >= 11 is -1.27. The van der Waals surface area contributed by atoms with E-state index in [9.17, 15) is 9.35 Å². The van der Waals surface area contributed by atoms with Gasteiger partial charge >= 0.3 is 0 Å². The van der Waals surface area contributed by atoms with Crippen molar-refractivity contribution in [1.29, 1.82) is 0 Å². The first-order valence-electron chi connectivity index (χ1n) is 10.4. The molecule has 2 aromatic heterocycles. The molecule has 0 bridgehead atoms. The Kier molecular flexibility index (Phi) is 7.25. The number of primary amides is 1. The number of hydrogen-bond acceptors (Lipinski definition) is 8. The highest BCUT2D eigenvalue weighted by Crippen LogP contribution is 2.35.